The molecular formula is C12H12O4S. The number of ketones is 2. The van der Waals surface area contributed by atoms with Gasteiger partial charge in [-0.1, -0.05) is 0 Å². The molecule has 5 heteroatoms. The molecule has 0 aliphatic heterocycles. The highest BCUT2D eigenvalue weighted by molar-refractivity contribution is 7.12. The second kappa shape index (κ2) is 4.79. The Hall–Kier alpha value is -1.49. The third-order valence-corrected chi connectivity index (χ3v) is 4.06. The van der Waals surface area contributed by atoms with E-state index < -0.39 is 11.8 Å². The van der Waals surface area contributed by atoms with Crippen LogP contribution >= 0.6 is 11.3 Å². The molecule has 0 spiro atoms. The lowest BCUT2D eigenvalue weighted by atomic mass is 9.97. The van der Waals surface area contributed by atoms with Gasteiger partial charge in [0, 0.05) is 28.2 Å². The van der Waals surface area contributed by atoms with Gasteiger partial charge in [-0.25, -0.2) is 4.79 Å². The van der Waals surface area contributed by atoms with E-state index in [-0.39, 0.29) is 12.2 Å². The van der Waals surface area contributed by atoms with Crippen LogP contribution in [0.25, 0.3) is 0 Å². The fraction of sp³-hybridized carbons (Fsp3) is 0.417. The Morgan fingerprint density at radius 2 is 2.12 bits per heavy atom. The van der Waals surface area contributed by atoms with Gasteiger partial charge in [-0.15, -0.1) is 11.3 Å². The number of fused-ring (bicyclic) bond motifs is 1. The van der Waals surface area contributed by atoms with Gasteiger partial charge in [0.2, 0.25) is 5.78 Å². The molecule has 0 amide bonds. The molecule has 0 saturated carbocycles. The molecule has 1 heterocycles. The first kappa shape index (κ1) is 12.0. The van der Waals surface area contributed by atoms with Gasteiger partial charge in [-0.2, -0.15) is 0 Å². The highest BCUT2D eigenvalue weighted by Gasteiger charge is 2.21. The smallest absolute Gasteiger partial charge is 0.372 e. The van der Waals surface area contributed by atoms with E-state index in [9.17, 15) is 14.4 Å². The van der Waals surface area contributed by atoms with E-state index in [1.165, 1.54) is 11.3 Å². The number of rotatable bonds is 4. The molecule has 1 aliphatic carbocycles. The topological polar surface area (TPSA) is 71.4 Å². The molecule has 0 atom stereocenters. The van der Waals surface area contributed by atoms with Crippen LogP contribution in [0.4, 0.5) is 0 Å². The van der Waals surface area contributed by atoms with Gasteiger partial charge in [-0.05, 0) is 25.3 Å². The fourth-order valence-electron chi connectivity index (χ4n) is 1.92. The number of aryl methyl sites for hydroxylation is 2. The van der Waals surface area contributed by atoms with Crippen LogP contribution in [-0.4, -0.2) is 22.6 Å². The summed E-state index contributed by atoms with van der Waals surface area (Å²) in [7, 11) is 0. The first-order valence-electron chi connectivity index (χ1n) is 5.49. The normalized spacial score (nSPS) is 14.5. The second-order valence-electron chi connectivity index (χ2n) is 4.05. The molecule has 0 fully saturated rings. The first-order valence-corrected chi connectivity index (χ1v) is 6.30. The summed E-state index contributed by atoms with van der Waals surface area (Å²) in [4.78, 5) is 34.9. The highest BCUT2D eigenvalue weighted by Crippen LogP contribution is 2.30. The highest BCUT2D eigenvalue weighted by atomic mass is 32.1. The Bertz CT molecular complexity index is 487. The van der Waals surface area contributed by atoms with Gasteiger partial charge in [0.25, 0.3) is 0 Å². The molecular weight excluding hydrogens is 240 g/mol. The summed E-state index contributed by atoms with van der Waals surface area (Å²) in [5.74, 6) is -2.00. The zero-order valence-electron chi connectivity index (χ0n) is 9.19. The van der Waals surface area contributed by atoms with Gasteiger partial charge >= 0.3 is 5.97 Å². The van der Waals surface area contributed by atoms with Gasteiger partial charge in [0.15, 0.2) is 5.78 Å². The molecule has 0 radical (unpaired) electrons. The number of thiophene rings is 1. The van der Waals surface area contributed by atoms with E-state index in [0.717, 1.165) is 28.2 Å². The Morgan fingerprint density at radius 3 is 2.76 bits per heavy atom. The van der Waals surface area contributed by atoms with Crippen molar-refractivity contribution in [2.75, 3.05) is 0 Å². The van der Waals surface area contributed by atoms with E-state index in [0.29, 0.717) is 12.8 Å². The standard InChI is InChI=1S/C12H12O4S/c13-9-2-1-3-11-8(9)6-7(17-11)4-5-10(14)12(15)16/h6H,1-5H2,(H,15,16). The van der Waals surface area contributed by atoms with E-state index >= 15 is 0 Å². The van der Waals surface area contributed by atoms with Crippen molar-refractivity contribution < 1.29 is 19.5 Å². The average Bonchev–Trinajstić information content (AvgIpc) is 2.70. The maximum absolute atomic E-state index is 11.6. The largest absolute Gasteiger partial charge is 0.476 e. The molecule has 0 unspecified atom stereocenters. The van der Waals surface area contributed by atoms with Crippen molar-refractivity contribution >= 4 is 28.9 Å². The molecule has 0 saturated heterocycles. The molecule has 90 valence electrons. The molecule has 0 aromatic carbocycles. The SMILES string of the molecule is O=C(O)C(=O)CCc1cc2c(s1)CCCC2=O. The molecule has 0 bridgehead atoms. The fourth-order valence-corrected chi connectivity index (χ4v) is 3.14. The lowest BCUT2D eigenvalue weighted by molar-refractivity contribution is -0.149. The number of hydrogen-bond acceptors (Lipinski definition) is 4. The second-order valence-corrected chi connectivity index (χ2v) is 5.28. The summed E-state index contributed by atoms with van der Waals surface area (Å²) in [5, 5.41) is 8.46. The van der Waals surface area contributed by atoms with Crippen molar-refractivity contribution in [3.05, 3.63) is 21.4 Å². The van der Waals surface area contributed by atoms with E-state index in [1.807, 2.05) is 6.07 Å². The minimum absolute atomic E-state index is 0.00289. The predicted octanol–water partition coefficient (Wildman–Crippen LogP) is 1.85. The summed E-state index contributed by atoms with van der Waals surface area (Å²) in [5.41, 5.74) is 0.777. The quantitative estimate of drug-likeness (QED) is 0.830. The van der Waals surface area contributed by atoms with Crippen molar-refractivity contribution in [2.45, 2.75) is 32.1 Å². The zero-order valence-corrected chi connectivity index (χ0v) is 10.0. The monoisotopic (exact) mass is 252 g/mol. The minimum atomic E-state index is -1.39. The summed E-state index contributed by atoms with van der Waals surface area (Å²) in [6.07, 6.45) is 2.81. The van der Waals surface area contributed by atoms with Crippen LogP contribution in [0.1, 0.15) is 39.4 Å². The van der Waals surface area contributed by atoms with Crippen molar-refractivity contribution in [2.24, 2.45) is 0 Å². The first-order chi connectivity index (χ1) is 8.08. The van der Waals surface area contributed by atoms with Crippen LogP contribution in [-0.2, 0) is 22.4 Å². The predicted molar refractivity (Wildman–Crippen MR) is 62.6 cm³/mol. The number of carbonyl (C=O) groups excluding carboxylic acids is 2. The molecule has 1 N–H and O–H groups in total. The number of carboxylic acid groups (broad SMARTS) is 1. The van der Waals surface area contributed by atoms with Gasteiger partial charge in [0.05, 0.1) is 0 Å². The van der Waals surface area contributed by atoms with Gasteiger partial charge < -0.3 is 5.11 Å². The third kappa shape index (κ3) is 2.61. The maximum Gasteiger partial charge on any atom is 0.372 e. The van der Waals surface area contributed by atoms with E-state index in [4.69, 9.17) is 5.11 Å². The van der Waals surface area contributed by atoms with Crippen molar-refractivity contribution in [1.82, 2.24) is 0 Å². The summed E-state index contributed by atoms with van der Waals surface area (Å²) >= 11 is 1.53. The lowest BCUT2D eigenvalue weighted by Gasteiger charge is -2.07. The molecule has 17 heavy (non-hydrogen) atoms. The molecule has 1 aromatic rings. The zero-order chi connectivity index (χ0) is 12.4. The van der Waals surface area contributed by atoms with Crippen LogP contribution in [0, 0.1) is 0 Å². The minimum Gasteiger partial charge on any atom is -0.476 e. The van der Waals surface area contributed by atoms with E-state index in [2.05, 4.69) is 0 Å². The average molecular weight is 252 g/mol. The van der Waals surface area contributed by atoms with Crippen molar-refractivity contribution in [3.8, 4) is 0 Å². The molecule has 2 rings (SSSR count). The number of hydrogen-bond donors (Lipinski definition) is 1. The van der Waals surface area contributed by atoms with Crippen molar-refractivity contribution in [3.63, 3.8) is 0 Å². The molecule has 1 aromatic heterocycles. The van der Waals surface area contributed by atoms with Crippen LogP contribution in [0.3, 0.4) is 0 Å². The van der Waals surface area contributed by atoms with Gasteiger partial charge in [-0.3, -0.25) is 9.59 Å². The van der Waals surface area contributed by atoms with Crippen molar-refractivity contribution in [1.29, 1.82) is 0 Å². The van der Waals surface area contributed by atoms with Crippen LogP contribution < -0.4 is 0 Å². The lowest BCUT2D eigenvalue weighted by Crippen LogP contribution is -2.12. The number of Topliss-reactive ketones (excluding diaryl/α,β-unsaturated/α-hetero) is 2. The maximum atomic E-state index is 11.6. The Morgan fingerprint density at radius 1 is 1.35 bits per heavy atom. The number of aliphatic carboxylic acids is 1. The number of carbonyl (C=O) groups is 3. The van der Waals surface area contributed by atoms with E-state index in [1.54, 1.807) is 0 Å². The third-order valence-electron chi connectivity index (χ3n) is 2.81. The Kier molecular flexibility index (Phi) is 3.38. The summed E-state index contributed by atoms with van der Waals surface area (Å²) in [6, 6.07) is 1.82. The van der Waals surface area contributed by atoms with Crippen LogP contribution in [0.2, 0.25) is 0 Å². The molecule has 1 aliphatic rings. The molecule has 4 nitrogen and oxygen atoms in total. The van der Waals surface area contributed by atoms with Crippen LogP contribution in [0.5, 0.6) is 0 Å². The van der Waals surface area contributed by atoms with Gasteiger partial charge in [0.1, 0.15) is 0 Å². The van der Waals surface area contributed by atoms with Crippen LogP contribution in [0.15, 0.2) is 6.07 Å². The Balaban J connectivity index is 2.06. The number of carboxylic acids is 1. The Labute approximate surface area is 102 Å². The summed E-state index contributed by atoms with van der Waals surface area (Å²) in [6.45, 7) is 0. The summed E-state index contributed by atoms with van der Waals surface area (Å²) < 4.78 is 0.